The summed E-state index contributed by atoms with van der Waals surface area (Å²) >= 11 is 0. The molecule has 6 heteroatoms. The van der Waals surface area contributed by atoms with Gasteiger partial charge in [-0.3, -0.25) is 9.59 Å². The van der Waals surface area contributed by atoms with Crippen LogP contribution in [-0.4, -0.2) is 36.3 Å². The monoisotopic (exact) mass is 382 g/mol. The van der Waals surface area contributed by atoms with Crippen molar-refractivity contribution in [1.29, 1.82) is 0 Å². The predicted octanol–water partition coefficient (Wildman–Crippen LogP) is 3.49. The van der Waals surface area contributed by atoms with Crippen molar-refractivity contribution in [1.82, 2.24) is 4.90 Å². The van der Waals surface area contributed by atoms with Gasteiger partial charge in [0.2, 0.25) is 11.8 Å². The van der Waals surface area contributed by atoms with Gasteiger partial charge in [0.25, 0.3) is 0 Å². The molecule has 0 fully saturated rings. The van der Waals surface area contributed by atoms with Gasteiger partial charge in [-0.2, -0.15) is 0 Å². The molecule has 0 saturated heterocycles. The van der Waals surface area contributed by atoms with E-state index in [2.05, 4.69) is 10.1 Å². The minimum atomic E-state index is -1.24. The lowest BCUT2D eigenvalue weighted by atomic mass is 9.89. The molecule has 0 aliphatic rings. The topological polar surface area (TPSA) is 75.7 Å². The van der Waals surface area contributed by atoms with E-state index >= 15 is 0 Å². The Balaban J connectivity index is 2.09. The highest BCUT2D eigenvalue weighted by atomic mass is 16.5. The quantitative estimate of drug-likeness (QED) is 0.588. The number of carbonyl (C=O) groups excluding carboxylic acids is 3. The van der Waals surface area contributed by atoms with Crippen molar-refractivity contribution in [3.05, 3.63) is 65.7 Å². The predicted molar refractivity (Wildman–Crippen MR) is 108 cm³/mol. The average molecular weight is 382 g/mol. The van der Waals surface area contributed by atoms with Crippen LogP contribution in [0.1, 0.15) is 36.7 Å². The number of hydrogen-bond donors (Lipinski definition) is 1. The molecule has 0 bridgehead atoms. The zero-order valence-corrected chi connectivity index (χ0v) is 16.7. The Kier molecular flexibility index (Phi) is 6.93. The van der Waals surface area contributed by atoms with Crippen LogP contribution in [0, 0.1) is 5.41 Å². The van der Waals surface area contributed by atoms with Crippen molar-refractivity contribution in [2.75, 3.05) is 19.0 Å². The first-order valence-corrected chi connectivity index (χ1v) is 9.12. The van der Waals surface area contributed by atoms with Crippen LogP contribution < -0.4 is 5.32 Å². The molecular formula is C22H26N2O4. The van der Waals surface area contributed by atoms with Gasteiger partial charge in [-0.1, -0.05) is 30.3 Å². The zero-order chi connectivity index (χ0) is 20.7. The highest BCUT2D eigenvalue weighted by molar-refractivity contribution is 6.09. The highest BCUT2D eigenvalue weighted by Gasteiger charge is 2.38. The van der Waals surface area contributed by atoms with Crippen molar-refractivity contribution in [3.63, 3.8) is 0 Å². The third-order valence-electron chi connectivity index (χ3n) is 4.55. The molecule has 0 heterocycles. The molecule has 28 heavy (non-hydrogen) atoms. The molecule has 148 valence electrons. The third-order valence-corrected chi connectivity index (χ3v) is 4.55. The maximum atomic E-state index is 13.0. The molecule has 0 atom stereocenters. The first kappa shape index (κ1) is 21.2. The smallest absolute Gasteiger partial charge is 0.337 e. The Morgan fingerprint density at radius 3 is 2.14 bits per heavy atom. The van der Waals surface area contributed by atoms with Crippen LogP contribution in [0.5, 0.6) is 0 Å². The molecule has 0 aliphatic carbocycles. The van der Waals surface area contributed by atoms with Crippen molar-refractivity contribution in [2.24, 2.45) is 5.41 Å². The molecule has 0 radical (unpaired) electrons. The van der Waals surface area contributed by atoms with E-state index in [1.807, 2.05) is 37.3 Å². The Bertz CT molecular complexity index is 829. The van der Waals surface area contributed by atoms with Crippen molar-refractivity contribution in [2.45, 2.75) is 27.3 Å². The number of ether oxygens (including phenoxy) is 1. The second-order valence-corrected chi connectivity index (χ2v) is 6.95. The molecule has 0 spiro atoms. The fourth-order valence-corrected chi connectivity index (χ4v) is 2.72. The normalized spacial score (nSPS) is 10.9. The fourth-order valence-electron chi connectivity index (χ4n) is 2.72. The van der Waals surface area contributed by atoms with Crippen LogP contribution >= 0.6 is 0 Å². The van der Waals surface area contributed by atoms with Gasteiger partial charge < -0.3 is 15.0 Å². The molecule has 1 N–H and O–H groups in total. The minimum absolute atomic E-state index is 0.248. The number of benzene rings is 2. The summed E-state index contributed by atoms with van der Waals surface area (Å²) in [5, 5.41) is 2.75. The molecule has 0 aromatic heterocycles. The van der Waals surface area contributed by atoms with Gasteiger partial charge in [0.05, 0.1) is 12.7 Å². The maximum Gasteiger partial charge on any atom is 0.337 e. The second-order valence-electron chi connectivity index (χ2n) is 6.95. The summed E-state index contributed by atoms with van der Waals surface area (Å²) in [6.07, 6.45) is 0. The number of nitrogens with zero attached hydrogens (tertiary/aromatic N) is 1. The fraction of sp³-hybridized carbons (Fsp3) is 0.318. The summed E-state index contributed by atoms with van der Waals surface area (Å²) in [5.41, 5.74) is 0.652. The average Bonchev–Trinajstić information content (AvgIpc) is 2.72. The number of hydrogen-bond acceptors (Lipinski definition) is 4. The number of carbonyl (C=O) groups is 3. The van der Waals surface area contributed by atoms with Crippen LogP contribution in [-0.2, 0) is 20.9 Å². The van der Waals surface area contributed by atoms with E-state index in [4.69, 9.17) is 0 Å². The van der Waals surface area contributed by atoms with Crippen molar-refractivity contribution >= 4 is 23.5 Å². The molecule has 6 nitrogen and oxygen atoms in total. The Labute approximate surface area is 165 Å². The van der Waals surface area contributed by atoms with Gasteiger partial charge in [-0.25, -0.2) is 4.79 Å². The Morgan fingerprint density at radius 1 is 1.00 bits per heavy atom. The summed E-state index contributed by atoms with van der Waals surface area (Å²) < 4.78 is 4.65. The number of anilines is 1. The van der Waals surface area contributed by atoms with Crippen LogP contribution in [0.25, 0.3) is 0 Å². The van der Waals surface area contributed by atoms with Crippen LogP contribution in [0.15, 0.2) is 54.6 Å². The second kappa shape index (κ2) is 9.17. The molecular weight excluding hydrogens is 356 g/mol. The molecule has 2 rings (SSSR count). The Morgan fingerprint density at radius 2 is 1.61 bits per heavy atom. The number of amides is 2. The van der Waals surface area contributed by atoms with E-state index in [9.17, 15) is 14.4 Å². The van der Waals surface area contributed by atoms with Crippen molar-refractivity contribution in [3.8, 4) is 0 Å². The maximum absolute atomic E-state index is 13.0. The van der Waals surface area contributed by atoms with E-state index in [0.717, 1.165) is 5.56 Å². The van der Waals surface area contributed by atoms with Crippen molar-refractivity contribution < 1.29 is 19.1 Å². The molecule has 0 unspecified atom stereocenters. The number of nitrogens with one attached hydrogen (secondary N) is 1. The van der Waals surface area contributed by atoms with Crippen LogP contribution in [0.3, 0.4) is 0 Å². The lowest BCUT2D eigenvalue weighted by Crippen LogP contribution is -2.47. The summed E-state index contributed by atoms with van der Waals surface area (Å²) in [7, 11) is 1.31. The van der Waals surface area contributed by atoms with E-state index in [-0.39, 0.29) is 5.91 Å². The first-order valence-electron chi connectivity index (χ1n) is 9.12. The standard InChI is InChI=1S/C22H26N2O4/c1-5-24(15-16-9-7-6-8-10-16)21(27)22(2,3)20(26)23-18-13-11-17(12-14-18)19(25)28-4/h6-14H,5,15H2,1-4H3,(H,23,26). The molecule has 2 amide bonds. The van der Waals surface area contributed by atoms with E-state index in [1.54, 1.807) is 43.0 Å². The number of esters is 1. The first-order chi connectivity index (χ1) is 13.3. The lowest BCUT2D eigenvalue weighted by molar-refractivity contribution is -0.146. The molecule has 2 aromatic carbocycles. The van der Waals surface area contributed by atoms with Gasteiger partial charge in [-0.15, -0.1) is 0 Å². The molecule has 2 aromatic rings. The third kappa shape index (κ3) is 4.97. The van der Waals surface area contributed by atoms with Gasteiger partial charge >= 0.3 is 5.97 Å². The largest absolute Gasteiger partial charge is 0.465 e. The van der Waals surface area contributed by atoms with Crippen LogP contribution in [0.4, 0.5) is 5.69 Å². The van der Waals surface area contributed by atoms with Crippen LogP contribution in [0.2, 0.25) is 0 Å². The summed E-state index contributed by atoms with van der Waals surface area (Å²) in [6.45, 7) is 6.06. The van der Waals surface area contributed by atoms with E-state index in [0.29, 0.717) is 24.3 Å². The number of rotatable bonds is 7. The minimum Gasteiger partial charge on any atom is -0.465 e. The summed E-state index contributed by atoms with van der Waals surface area (Å²) in [4.78, 5) is 38.9. The van der Waals surface area contributed by atoms with Gasteiger partial charge in [0, 0.05) is 18.8 Å². The number of methoxy groups -OCH3 is 1. The Hall–Kier alpha value is -3.15. The van der Waals surface area contributed by atoms with Gasteiger partial charge in [0.15, 0.2) is 0 Å². The zero-order valence-electron chi connectivity index (χ0n) is 16.7. The molecule has 0 aliphatic heterocycles. The summed E-state index contributed by atoms with van der Waals surface area (Å²) in [5.74, 6) is -1.11. The SMILES string of the molecule is CCN(Cc1ccccc1)C(=O)C(C)(C)C(=O)Nc1ccc(C(=O)OC)cc1. The van der Waals surface area contributed by atoms with E-state index in [1.165, 1.54) is 7.11 Å². The highest BCUT2D eigenvalue weighted by Crippen LogP contribution is 2.23. The van der Waals surface area contributed by atoms with E-state index < -0.39 is 17.3 Å². The van der Waals surface area contributed by atoms with Gasteiger partial charge in [0.1, 0.15) is 5.41 Å². The molecule has 0 saturated carbocycles. The lowest BCUT2D eigenvalue weighted by Gasteiger charge is -2.30. The summed E-state index contributed by atoms with van der Waals surface area (Å²) in [6, 6.07) is 16.0. The van der Waals surface area contributed by atoms with Gasteiger partial charge in [-0.05, 0) is 50.6 Å².